The van der Waals surface area contributed by atoms with E-state index in [0.29, 0.717) is 12.1 Å². The molecule has 2 nitrogen and oxygen atoms in total. The maximum Gasteiger partial charge on any atom is 0.254 e. The van der Waals surface area contributed by atoms with Crippen molar-refractivity contribution in [3.63, 3.8) is 0 Å². The maximum atomic E-state index is 11.8. The summed E-state index contributed by atoms with van der Waals surface area (Å²) in [6, 6.07) is 7.51. The molecule has 15 heavy (non-hydrogen) atoms. The average molecular weight is 219 g/mol. The Morgan fingerprint density at radius 1 is 1.47 bits per heavy atom. The smallest absolute Gasteiger partial charge is 0.254 e. The summed E-state index contributed by atoms with van der Waals surface area (Å²) in [5.41, 5.74) is 0.672. The topological polar surface area (TPSA) is 20.3 Å². The third-order valence-electron chi connectivity index (χ3n) is 2.01. The Hall–Kier alpha value is -1.40. The van der Waals surface area contributed by atoms with E-state index in [1.54, 1.807) is 18.8 Å². The number of benzene rings is 1. The third-order valence-corrected chi connectivity index (χ3v) is 2.76. The number of nitrogens with zero attached hydrogens (tertiary/aromatic N) is 1. The Morgan fingerprint density at radius 3 is 2.53 bits per heavy atom. The fourth-order valence-corrected chi connectivity index (χ4v) is 1.57. The summed E-state index contributed by atoms with van der Waals surface area (Å²) in [5.74, 6) is 2.40. The van der Waals surface area contributed by atoms with E-state index in [4.69, 9.17) is 6.42 Å². The number of terminal acetylenes is 1. The molecule has 0 aliphatic rings. The van der Waals surface area contributed by atoms with Gasteiger partial charge in [-0.3, -0.25) is 4.79 Å². The van der Waals surface area contributed by atoms with Crippen LogP contribution < -0.4 is 0 Å². The van der Waals surface area contributed by atoms with Crippen LogP contribution in [0.5, 0.6) is 0 Å². The largest absolute Gasteiger partial charge is 0.331 e. The van der Waals surface area contributed by atoms with Gasteiger partial charge in [-0.05, 0) is 30.5 Å². The fraction of sp³-hybridized carbons (Fsp3) is 0.250. The zero-order valence-corrected chi connectivity index (χ0v) is 9.67. The summed E-state index contributed by atoms with van der Waals surface area (Å²) in [6.45, 7) is 0.336. The highest BCUT2D eigenvalue weighted by molar-refractivity contribution is 7.98. The number of thioether (sulfide) groups is 1. The van der Waals surface area contributed by atoms with Crippen LogP contribution in [0.2, 0.25) is 0 Å². The second kappa shape index (κ2) is 5.47. The van der Waals surface area contributed by atoms with Gasteiger partial charge in [-0.15, -0.1) is 18.2 Å². The Bertz CT molecular complexity index is 378. The first-order chi connectivity index (χ1) is 7.19. The molecule has 0 saturated carbocycles. The highest BCUT2D eigenvalue weighted by atomic mass is 32.2. The van der Waals surface area contributed by atoms with Crippen LogP contribution in [-0.2, 0) is 0 Å². The zero-order chi connectivity index (χ0) is 11.3. The highest BCUT2D eigenvalue weighted by Gasteiger charge is 2.09. The lowest BCUT2D eigenvalue weighted by atomic mass is 10.2. The molecule has 0 bridgehead atoms. The van der Waals surface area contributed by atoms with Crippen LogP contribution in [0.3, 0.4) is 0 Å². The van der Waals surface area contributed by atoms with Crippen LogP contribution in [0.25, 0.3) is 0 Å². The normalized spacial score (nSPS) is 9.40. The lowest BCUT2D eigenvalue weighted by molar-refractivity contribution is 0.0812. The van der Waals surface area contributed by atoms with Crippen LogP contribution in [0.4, 0.5) is 0 Å². The van der Waals surface area contributed by atoms with Crippen LogP contribution in [-0.4, -0.2) is 30.7 Å². The van der Waals surface area contributed by atoms with Crippen LogP contribution >= 0.6 is 11.8 Å². The van der Waals surface area contributed by atoms with Gasteiger partial charge in [-0.1, -0.05) is 5.92 Å². The summed E-state index contributed by atoms with van der Waals surface area (Å²) < 4.78 is 0. The van der Waals surface area contributed by atoms with Gasteiger partial charge in [0.1, 0.15) is 0 Å². The molecule has 1 aromatic rings. The predicted molar refractivity (Wildman–Crippen MR) is 64.0 cm³/mol. The van der Waals surface area contributed by atoms with Crippen molar-refractivity contribution in [2.75, 3.05) is 19.8 Å². The Labute approximate surface area is 94.7 Å². The van der Waals surface area contributed by atoms with E-state index in [-0.39, 0.29) is 5.91 Å². The molecule has 0 aliphatic carbocycles. The van der Waals surface area contributed by atoms with Gasteiger partial charge in [0.25, 0.3) is 5.91 Å². The van der Waals surface area contributed by atoms with Gasteiger partial charge < -0.3 is 4.90 Å². The number of carbonyl (C=O) groups excluding carboxylic acids is 1. The monoisotopic (exact) mass is 219 g/mol. The molecule has 3 heteroatoms. The van der Waals surface area contributed by atoms with Gasteiger partial charge in [0.2, 0.25) is 0 Å². The minimum Gasteiger partial charge on any atom is -0.331 e. The lowest BCUT2D eigenvalue weighted by Gasteiger charge is -2.13. The van der Waals surface area contributed by atoms with Gasteiger partial charge >= 0.3 is 0 Å². The van der Waals surface area contributed by atoms with E-state index >= 15 is 0 Å². The fourth-order valence-electron chi connectivity index (χ4n) is 1.16. The molecule has 0 unspecified atom stereocenters. The second-order valence-corrected chi connectivity index (χ2v) is 3.97. The second-order valence-electron chi connectivity index (χ2n) is 3.09. The van der Waals surface area contributed by atoms with Crippen molar-refractivity contribution in [1.29, 1.82) is 0 Å². The summed E-state index contributed by atoms with van der Waals surface area (Å²) in [5, 5.41) is 0. The minimum absolute atomic E-state index is 0.0411. The summed E-state index contributed by atoms with van der Waals surface area (Å²) in [4.78, 5) is 14.4. The first-order valence-corrected chi connectivity index (χ1v) is 5.74. The van der Waals surface area contributed by atoms with E-state index < -0.39 is 0 Å². The average Bonchev–Trinajstić information content (AvgIpc) is 2.28. The van der Waals surface area contributed by atoms with Gasteiger partial charge in [-0.2, -0.15) is 0 Å². The number of amides is 1. The number of rotatable bonds is 3. The van der Waals surface area contributed by atoms with E-state index in [1.807, 2.05) is 30.5 Å². The first kappa shape index (κ1) is 11.7. The SMILES string of the molecule is C#CCN(C)C(=O)c1ccc(SC)cc1. The van der Waals surface area contributed by atoms with Crippen LogP contribution in [0, 0.1) is 12.3 Å². The van der Waals surface area contributed by atoms with Crippen LogP contribution in [0.1, 0.15) is 10.4 Å². The molecule has 1 rings (SSSR count). The first-order valence-electron chi connectivity index (χ1n) is 4.52. The highest BCUT2D eigenvalue weighted by Crippen LogP contribution is 2.15. The molecule has 0 N–H and O–H groups in total. The van der Waals surface area contributed by atoms with E-state index in [2.05, 4.69) is 5.92 Å². The minimum atomic E-state index is -0.0411. The van der Waals surface area contributed by atoms with Crippen molar-refractivity contribution in [3.05, 3.63) is 29.8 Å². The van der Waals surface area contributed by atoms with Crippen molar-refractivity contribution in [2.24, 2.45) is 0 Å². The Kier molecular flexibility index (Phi) is 4.26. The third kappa shape index (κ3) is 3.03. The molecule has 0 aliphatic heterocycles. The van der Waals surface area contributed by atoms with Crippen LogP contribution in [0.15, 0.2) is 29.2 Å². The van der Waals surface area contributed by atoms with Gasteiger partial charge in [0, 0.05) is 17.5 Å². The molecule has 0 atom stereocenters. The van der Waals surface area contributed by atoms with Crippen molar-refractivity contribution in [2.45, 2.75) is 4.90 Å². The van der Waals surface area contributed by atoms with Crippen molar-refractivity contribution < 1.29 is 4.79 Å². The van der Waals surface area contributed by atoms with Gasteiger partial charge in [0.05, 0.1) is 6.54 Å². The number of carbonyl (C=O) groups is 1. The number of hydrogen-bond acceptors (Lipinski definition) is 2. The molecular formula is C12H13NOS. The van der Waals surface area contributed by atoms with Crippen molar-refractivity contribution >= 4 is 17.7 Å². The summed E-state index contributed by atoms with van der Waals surface area (Å²) in [6.07, 6.45) is 7.15. The Morgan fingerprint density at radius 2 is 2.07 bits per heavy atom. The van der Waals surface area contributed by atoms with Gasteiger partial charge in [0.15, 0.2) is 0 Å². The molecular weight excluding hydrogens is 206 g/mol. The zero-order valence-electron chi connectivity index (χ0n) is 8.86. The molecule has 1 amide bonds. The number of hydrogen-bond donors (Lipinski definition) is 0. The predicted octanol–water partition coefficient (Wildman–Crippen LogP) is 2.11. The van der Waals surface area contributed by atoms with E-state index in [0.717, 1.165) is 4.90 Å². The summed E-state index contributed by atoms with van der Waals surface area (Å²) in [7, 11) is 1.70. The molecule has 0 aromatic heterocycles. The molecule has 1 aromatic carbocycles. The quantitative estimate of drug-likeness (QED) is 0.573. The molecule has 0 spiro atoms. The van der Waals surface area contributed by atoms with Crippen molar-refractivity contribution in [3.8, 4) is 12.3 Å². The van der Waals surface area contributed by atoms with Crippen molar-refractivity contribution in [1.82, 2.24) is 4.90 Å². The summed E-state index contributed by atoms with van der Waals surface area (Å²) >= 11 is 1.65. The molecule has 0 fully saturated rings. The molecule has 78 valence electrons. The Balaban J connectivity index is 2.79. The standard InChI is InChI=1S/C12H13NOS/c1-4-9-13(2)12(14)10-5-7-11(15-3)8-6-10/h1,5-8H,9H2,2-3H3. The van der Waals surface area contributed by atoms with E-state index in [1.165, 1.54) is 4.90 Å². The molecule has 0 saturated heterocycles. The molecule has 0 radical (unpaired) electrons. The lowest BCUT2D eigenvalue weighted by Crippen LogP contribution is -2.26. The van der Waals surface area contributed by atoms with Gasteiger partial charge in [-0.25, -0.2) is 0 Å². The van der Waals surface area contributed by atoms with E-state index in [9.17, 15) is 4.79 Å². The maximum absolute atomic E-state index is 11.8. The molecule has 0 heterocycles.